The lowest BCUT2D eigenvalue weighted by Crippen LogP contribution is -2.11. The fourth-order valence-electron chi connectivity index (χ4n) is 1.42. The number of amides is 1. The fourth-order valence-corrected chi connectivity index (χ4v) is 2.26. The molecule has 94 valence electrons. The van der Waals surface area contributed by atoms with Crippen LogP contribution in [0.25, 0.3) is 0 Å². The summed E-state index contributed by atoms with van der Waals surface area (Å²) in [5.74, 6) is 2.29. The zero-order valence-electron chi connectivity index (χ0n) is 10.2. The van der Waals surface area contributed by atoms with Gasteiger partial charge < -0.3 is 11.1 Å². The predicted molar refractivity (Wildman–Crippen MR) is 76.3 cm³/mol. The van der Waals surface area contributed by atoms with E-state index in [2.05, 4.69) is 12.2 Å². The standard InChI is InChI=1S/C13H20N2OS/c1-2-8-17-9-4-7-13(16)15-12-6-3-5-11(14)10-12/h3,5-6,10H,2,4,7-9,14H2,1H3,(H,15,16). The Hall–Kier alpha value is -1.16. The lowest BCUT2D eigenvalue weighted by Gasteiger charge is -2.05. The molecule has 0 atom stereocenters. The zero-order valence-corrected chi connectivity index (χ0v) is 11.1. The smallest absolute Gasteiger partial charge is 0.224 e. The summed E-state index contributed by atoms with van der Waals surface area (Å²) < 4.78 is 0. The van der Waals surface area contributed by atoms with E-state index in [-0.39, 0.29) is 5.91 Å². The summed E-state index contributed by atoms with van der Waals surface area (Å²) >= 11 is 1.90. The summed E-state index contributed by atoms with van der Waals surface area (Å²) in [5, 5.41) is 2.85. The van der Waals surface area contributed by atoms with E-state index in [4.69, 9.17) is 5.73 Å². The van der Waals surface area contributed by atoms with E-state index in [0.717, 1.165) is 17.9 Å². The molecule has 17 heavy (non-hydrogen) atoms. The van der Waals surface area contributed by atoms with Crippen LogP contribution in [0.2, 0.25) is 0 Å². The van der Waals surface area contributed by atoms with E-state index in [1.165, 1.54) is 12.2 Å². The Balaban J connectivity index is 2.21. The number of anilines is 2. The molecule has 4 heteroatoms. The van der Waals surface area contributed by atoms with Gasteiger partial charge in [-0.15, -0.1) is 0 Å². The molecular formula is C13H20N2OS. The monoisotopic (exact) mass is 252 g/mol. The van der Waals surface area contributed by atoms with Gasteiger partial charge in [0.1, 0.15) is 0 Å². The number of nitrogens with two attached hydrogens (primary N) is 1. The minimum absolute atomic E-state index is 0.0627. The molecule has 0 aromatic heterocycles. The van der Waals surface area contributed by atoms with Gasteiger partial charge in [0.15, 0.2) is 0 Å². The molecule has 0 spiro atoms. The van der Waals surface area contributed by atoms with Crippen molar-refractivity contribution in [1.29, 1.82) is 0 Å². The van der Waals surface area contributed by atoms with Crippen molar-refractivity contribution in [3.05, 3.63) is 24.3 Å². The van der Waals surface area contributed by atoms with E-state index in [0.29, 0.717) is 12.1 Å². The third-order valence-corrected chi connectivity index (χ3v) is 3.49. The number of carbonyl (C=O) groups is 1. The number of thioether (sulfide) groups is 1. The van der Waals surface area contributed by atoms with Crippen molar-refractivity contribution in [2.24, 2.45) is 0 Å². The summed E-state index contributed by atoms with van der Waals surface area (Å²) in [6, 6.07) is 7.25. The molecule has 0 heterocycles. The van der Waals surface area contributed by atoms with Crippen LogP contribution in [-0.4, -0.2) is 17.4 Å². The van der Waals surface area contributed by atoms with E-state index < -0.39 is 0 Å². The van der Waals surface area contributed by atoms with Crippen LogP contribution in [-0.2, 0) is 4.79 Å². The van der Waals surface area contributed by atoms with Gasteiger partial charge in [-0.2, -0.15) is 11.8 Å². The summed E-state index contributed by atoms with van der Waals surface area (Å²) in [5.41, 5.74) is 7.08. The first-order valence-corrected chi connectivity index (χ1v) is 7.11. The van der Waals surface area contributed by atoms with Crippen molar-refractivity contribution in [1.82, 2.24) is 0 Å². The van der Waals surface area contributed by atoms with E-state index in [1.807, 2.05) is 23.9 Å². The highest BCUT2D eigenvalue weighted by molar-refractivity contribution is 7.99. The molecule has 0 fully saturated rings. The molecule has 1 rings (SSSR count). The van der Waals surface area contributed by atoms with Gasteiger partial charge >= 0.3 is 0 Å². The van der Waals surface area contributed by atoms with Gasteiger partial charge in [0.2, 0.25) is 5.91 Å². The van der Waals surface area contributed by atoms with Crippen molar-refractivity contribution in [3.63, 3.8) is 0 Å². The number of rotatable bonds is 7. The molecule has 1 amide bonds. The van der Waals surface area contributed by atoms with Crippen LogP contribution in [0.15, 0.2) is 24.3 Å². The van der Waals surface area contributed by atoms with Crippen LogP contribution in [0.4, 0.5) is 11.4 Å². The first-order chi connectivity index (χ1) is 8.22. The van der Waals surface area contributed by atoms with Crippen molar-refractivity contribution < 1.29 is 4.79 Å². The highest BCUT2D eigenvalue weighted by Gasteiger charge is 2.02. The second-order valence-corrected chi connectivity index (χ2v) is 5.11. The van der Waals surface area contributed by atoms with Crippen LogP contribution in [0.5, 0.6) is 0 Å². The summed E-state index contributed by atoms with van der Waals surface area (Å²) in [6.07, 6.45) is 2.70. The SMILES string of the molecule is CCCSCCCC(=O)Nc1cccc(N)c1. The fraction of sp³-hybridized carbons (Fsp3) is 0.462. The Kier molecular flexibility index (Phi) is 6.55. The average molecular weight is 252 g/mol. The molecule has 0 unspecified atom stereocenters. The van der Waals surface area contributed by atoms with Gasteiger partial charge in [0, 0.05) is 17.8 Å². The molecule has 0 aliphatic rings. The normalized spacial score (nSPS) is 10.2. The molecule has 0 bridgehead atoms. The maximum absolute atomic E-state index is 11.6. The van der Waals surface area contributed by atoms with E-state index in [1.54, 1.807) is 12.1 Å². The van der Waals surface area contributed by atoms with Gasteiger partial charge in [0.25, 0.3) is 0 Å². The summed E-state index contributed by atoms with van der Waals surface area (Å²) in [6.45, 7) is 2.17. The highest BCUT2D eigenvalue weighted by atomic mass is 32.2. The van der Waals surface area contributed by atoms with Gasteiger partial charge in [-0.3, -0.25) is 4.79 Å². The third-order valence-electron chi connectivity index (χ3n) is 2.21. The minimum atomic E-state index is 0.0627. The largest absolute Gasteiger partial charge is 0.399 e. The number of benzene rings is 1. The second-order valence-electron chi connectivity index (χ2n) is 3.89. The number of nitrogens with one attached hydrogen (secondary N) is 1. The molecule has 0 aliphatic heterocycles. The van der Waals surface area contributed by atoms with Gasteiger partial charge in [0.05, 0.1) is 0 Å². The topological polar surface area (TPSA) is 55.1 Å². The molecule has 3 nitrogen and oxygen atoms in total. The number of hydrogen-bond acceptors (Lipinski definition) is 3. The highest BCUT2D eigenvalue weighted by Crippen LogP contribution is 2.13. The van der Waals surface area contributed by atoms with Crippen molar-refractivity contribution in [3.8, 4) is 0 Å². The summed E-state index contributed by atoms with van der Waals surface area (Å²) in [4.78, 5) is 11.6. The molecule has 0 radical (unpaired) electrons. The Morgan fingerprint density at radius 3 is 2.94 bits per heavy atom. The Morgan fingerprint density at radius 1 is 1.41 bits per heavy atom. The predicted octanol–water partition coefficient (Wildman–Crippen LogP) is 3.13. The van der Waals surface area contributed by atoms with Crippen LogP contribution >= 0.6 is 11.8 Å². The number of carbonyl (C=O) groups excluding carboxylic acids is 1. The maximum atomic E-state index is 11.6. The molecule has 3 N–H and O–H groups in total. The zero-order chi connectivity index (χ0) is 12.5. The maximum Gasteiger partial charge on any atom is 0.224 e. The van der Waals surface area contributed by atoms with E-state index in [9.17, 15) is 4.79 Å². The van der Waals surface area contributed by atoms with Gasteiger partial charge in [-0.25, -0.2) is 0 Å². The van der Waals surface area contributed by atoms with Crippen molar-refractivity contribution in [2.75, 3.05) is 22.6 Å². The molecule has 1 aromatic rings. The second kappa shape index (κ2) is 8.01. The average Bonchev–Trinajstić information content (AvgIpc) is 2.29. The molecular weight excluding hydrogens is 232 g/mol. The van der Waals surface area contributed by atoms with E-state index >= 15 is 0 Å². The minimum Gasteiger partial charge on any atom is -0.399 e. The van der Waals surface area contributed by atoms with Crippen LogP contribution in [0.3, 0.4) is 0 Å². The Labute approximate surface area is 107 Å². The first-order valence-electron chi connectivity index (χ1n) is 5.95. The first kappa shape index (κ1) is 13.9. The summed E-state index contributed by atoms with van der Waals surface area (Å²) in [7, 11) is 0. The number of nitrogen functional groups attached to an aromatic ring is 1. The van der Waals surface area contributed by atoms with Gasteiger partial charge in [-0.1, -0.05) is 13.0 Å². The van der Waals surface area contributed by atoms with Gasteiger partial charge in [-0.05, 0) is 42.5 Å². The molecule has 0 aliphatic carbocycles. The quantitative estimate of drug-likeness (QED) is 0.579. The lowest BCUT2D eigenvalue weighted by molar-refractivity contribution is -0.116. The van der Waals surface area contributed by atoms with Crippen molar-refractivity contribution in [2.45, 2.75) is 26.2 Å². The third kappa shape index (κ3) is 6.22. The molecule has 1 aromatic carbocycles. The Morgan fingerprint density at radius 2 is 2.24 bits per heavy atom. The van der Waals surface area contributed by atoms with Crippen LogP contribution in [0, 0.1) is 0 Å². The number of hydrogen-bond donors (Lipinski definition) is 2. The van der Waals surface area contributed by atoms with Crippen LogP contribution < -0.4 is 11.1 Å². The molecule has 0 saturated heterocycles. The Bertz CT molecular complexity index is 355. The van der Waals surface area contributed by atoms with Crippen LogP contribution in [0.1, 0.15) is 26.2 Å². The van der Waals surface area contributed by atoms with Crippen molar-refractivity contribution >= 4 is 29.0 Å². The lowest BCUT2D eigenvalue weighted by atomic mass is 10.2. The molecule has 0 saturated carbocycles.